The molecule has 0 aromatic carbocycles. The van der Waals surface area contributed by atoms with Gasteiger partial charge in [-0.2, -0.15) is 0 Å². The lowest BCUT2D eigenvalue weighted by molar-refractivity contribution is -0.123. The molecule has 0 rings (SSSR count). The lowest BCUT2D eigenvalue weighted by Crippen LogP contribution is -2.45. The zero-order valence-electron chi connectivity index (χ0n) is 49.1. The Kier molecular flexibility index (Phi) is 61.8. The van der Waals surface area contributed by atoms with Crippen molar-refractivity contribution in [2.75, 3.05) is 6.61 Å². The second kappa shape index (κ2) is 64.3. The molecule has 0 radical (unpaired) electrons. The maximum absolute atomic E-state index is 12.5. The van der Waals surface area contributed by atoms with E-state index in [1.54, 1.807) is 6.08 Å². The molecule has 0 saturated carbocycles. The van der Waals surface area contributed by atoms with Crippen LogP contribution in [0.2, 0.25) is 0 Å². The lowest BCUT2D eigenvalue weighted by Gasteiger charge is -2.19. The average molecular weight is 1030 g/mol. The minimum absolute atomic E-state index is 0.0759. The highest BCUT2D eigenvalue weighted by Gasteiger charge is 2.18. The molecule has 1 amide bonds. The van der Waals surface area contributed by atoms with Crippen molar-refractivity contribution < 1.29 is 15.0 Å². The monoisotopic (exact) mass is 1030 g/mol. The van der Waals surface area contributed by atoms with Crippen molar-refractivity contribution in [3.63, 3.8) is 0 Å². The Bertz CT molecular complexity index is 1400. The van der Waals surface area contributed by atoms with Crippen LogP contribution in [0.25, 0.3) is 0 Å². The topological polar surface area (TPSA) is 69.6 Å². The lowest BCUT2D eigenvalue weighted by atomic mass is 10.0. The van der Waals surface area contributed by atoms with Crippen LogP contribution < -0.4 is 5.32 Å². The van der Waals surface area contributed by atoms with Crippen LogP contribution in [0.1, 0.15) is 309 Å². The molecule has 0 aliphatic heterocycles. The van der Waals surface area contributed by atoms with E-state index in [1.807, 2.05) is 6.08 Å². The van der Waals surface area contributed by atoms with Crippen LogP contribution in [0.5, 0.6) is 0 Å². The summed E-state index contributed by atoms with van der Waals surface area (Å²) >= 11 is 0. The molecular formula is C70H123NO3. The third-order valence-electron chi connectivity index (χ3n) is 14.2. The van der Waals surface area contributed by atoms with E-state index in [4.69, 9.17) is 0 Å². The first-order valence-corrected chi connectivity index (χ1v) is 32.1. The Morgan fingerprint density at radius 3 is 0.946 bits per heavy atom. The largest absolute Gasteiger partial charge is 0.394 e. The second-order valence-corrected chi connectivity index (χ2v) is 21.4. The summed E-state index contributed by atoms with van der Waals surface area (Å²) in [6.45, 7) is 4.19. The smallest absolute Gasteiger partial charge is 0.220 e. The van der Waals surface area contributed by atoms with Crippen LogP contribution in [0.3, 0.4) is 0 Å². The predicted octanol–water partition coefficient (Wildman–Crippen LogP) is 21.8. The molecule has 0 aliphatic rings. The number of hydrogen-bond donors (Lipinski definition) is 3. The summed E-state index contributed by atoms with van der Waals surface area (Å²) in [4.78, 5) is 12.5. The minimum atomic E-state index is -0.874. The molecule has 0 bridgehead atoms. The summed E-state index contributed by atoms with van der Waals surface area (Å²) in [6.07, 6.45) is 97.2. The van der Waals surface area contributed by atoms with E-state index in [1.165, 1.54) is 212 Å². The van der Waals surface area contributed by atoms with Crippen molar-refractivity contribution in [2.24, 2.45) is 0 Å². The molecule has 0 aromatic heterocycles. The van der Waals surface area contributed by atoms with Gasteiger partial charge >= 0.3 is 0 Å². The maximum Gasteiger partial charge on any atom is 0.220 e. The van der Waals surface area contributed by atoms with Gasteiger partial charge in [0.2, 0.25) is 5.91 Å². The molecule has 426 valence electrons. The van der Waals surface area contributed by atoms with Crippen LogP contribution in [-0.2, 0) is 4.79 Å². The fourth-order valence-corrected chi connectivity index (χ4v) is 9.39. The number of carbonyl (C=O) groups is 1. The molecule has 4 heteroatoms. The van der Waals surface area contributed by atoms with Crippen LogP contribution in [-0.4, -0.2) is 34.9 Å². The first-order valence-electron chi connectivity index (χ1n) is 32.1. The molecule has 2 unspecified atom stereocenters. The van der Waals surface area contributed by atoms with E-state index in [-0.39, 0.29) is 12.5 Å². The Morgan fingerprint density at radius 2 is 0.608 bits per heavy atom. The number of nitrogens with one attached hydrogen (secondary N) is 1. The number of aliphatic hydroxyl groups excluding tert-OH is 2. The van der Waals surface area contributed by atoms with Crippen molar-refractivity contribution in [1.82, 2.24) is 5.32 Å². The van der Waals surface area contributed by atoms with Crippen molar-refractivity contribution in [3.05, 3.63) is 109 Å². The van der Waals surface area contributed by atoms with Gasteiger partial charge in [0.05, 0.1) is 18.8 Å². The third kappa shape index (κ3) is 59.9. The number of carbonyl (C=O) groups excluding carboxylic acids is 1. The van der Waals surface area contributed by atoms with Crippen molar-refractivity contribution >= 4 is 5.91 Å². The summed E-state index contributed by atoms with van der Waals surface area (Å²) in [7, 11) is 0. The summed E-state index contributed by atoms with van der Waals surface area (Å²) < 4.78 is 0. The van der Waals surface area contributed by atoms with E-state index in [9.17, 15) is 15.0 Å². The Labute approximate surface area is 461 Å². The van der Waals surface area contributed by atoms with E-state index in [0.717, 1.165) is 77.0 Å². The molecule has 0 spiro atoms. The van der Waals surface area contributed by atoms with Crippen LogP contribution >= 0.6 is 0 Å². The highest BCUT2D eigenvalue weighted by Crippen LogP contribution is 2.17. The maximum atomic E-state index is 12.5. The molecule has 0 saturated heterocycles. The second-order valence-electron chi connectivity index (χ2n) is 21.4. The zero-order chi connectivity index (χ0) is 53.4. The van der Waals surface area contributed by atoms with Gasteiger partial charge in [0.1, 0.15) is 0 Å². The van der Waals surface area contributed by atoms with Gasteiger partial charge in [0.15, 0.2) is 0 Å². The number of rotatable bonds is 58. The Morgan fingerprint density at radius 1 is 0.338 bits per heavy atom. The quantitative estimate of drug-likeness (QED) is 0.0420. The van der Waals surface area contributed by atoms with Crippen LogP contribution in [0.4, 0.5) is 0 Å². The molecule has 0 aromatic rings. The first-order chi connectivity index (χ1) is 36.7. The number of hydrogen-bond acceptors (Lipinski definition) is 3. The molecule has 0 heterocycles. The first kappa shape index (κ1) is 71.0. The Balaban J connectivity index is 3.49. The predicted molar refractivity (Wildman–Crippen MR) is 331 cm³/mol. The number of allylic oxidation sites excluding steroid dienone is 17. The molecule has 74 heavy (non-hydrogen) atoms. The fraction of sp³-hybridized carbons (Fsp3) is 0.729. The molecule has 2 atom stereocenters. The normalized spacial score (nSPS) is 13.5. The highest BCUT2D eigenvalue weighted by molar-refractivity contribution is 5.76. The van der Waals surface area contributed by atoms with Gasteiger partial charge in [-0.25, -0.2) is 0 Å². The van der Waals surface area contributed by atoms with Gasteiger partial charge in [-0.05, 0) is 96.3 Å². The summed E-state index contributed by atoms with van der Waals surface area (Å²) in [6, 6.07) is -0.650. The third-order valence-corrected chi connectivity index (χ3v) is 14.2. The molecule has 0 aliphatic carbocycles. The number of amides is 1. The number of aliphatic hydroxyl groups is 2. The van der Waals surface area contributed by atoms with Crippen LogP contribution in [0, 0.1) is 0 Å². The van der Waals surface area contributed by atoms with Crippen molar-refractivity contribution in [1.29, 1.82) is 0 Å². The van der Waals surface area contributed by atoms with Crippen molar-refractivity contribution in [2.45, 2.75) is 321 Å². The van der Waals surface area contributed by atoms with Crippen molar-refractivity contribution in [3.8, 4) is 0 Å². The van der Waals surface area contributed by atoms with Crippen LogP contribution in [0.15, 0.2) is 109 Å². The van der Waals surface area contributed by atoms with Gasteiger partial charge in [0.25, 0.3) is 0 Å². The van der Waals surface area contributed by atoms with E-state index < -0.39 is 12.1 Å². The van der Waals surface area contributed by atoms with Gasteiger partial charge < -0.3 is 15.5 Å². The molecule has 3 N–H and O–H groups in total. The summed E-state index contributed by atoms with van der Waals surface area (Å²) in [5.74, 6) is -0.0759. The minimum Gasteiger partial charge on any atom is -0.394 e. The molecule has 0 fully saturated rings. The van der Waals surface area contributed by atoms with E-state index in [0.29, 0.717) is 6.42 Å². The average Bonchev–Trinajstić information content (AvgIpc) is 3.40. The molecule has 4 nitrogen and oxygen atoms in total. The zero-order valence-corrected chi connectivity index (χ0v) is 49.1. The highest BCUT2D eigenvalue weighted by atomic mass is 16.3. The van der Waals surface area contributed by atoms with Gasteiger partial charge in [-0.1, -0.05) is 316 Å². The standard InChI is InChI=1S/C70H123NO3/c1-3-5-7-9-11-13-15-17-19-21-23-25-26-27-28-29-30-31-32-33-34-35-36-37-38-39-40-41-42-43-44-46-48-50-52-54-56-58-60-62-64-66-70(74)71-68(67-72)69(73)65-63-61-59-57-55-53-51-49-47-45-24-22-20-18-16-14-12-10-8-6-4-2/h5,7,11,13,17,19,23,25,27-28,30-31,47,49,55,57,63,65,68-69,72-73H,3-4,6,8-10,12,14-16,18,20-22,24,26,29,32-46,48,50-54,56,58-62,64,66-67H2,1-2H3,(H,71,74)/b7-5-,13-11-,19-17-,25-23-,28-27-,31-30-,49-47+,57-55+,65-63+. The van der Waals surface area contributed by atoms with E-state index in [2.05, 4.69) is 116 Å². The fourth-order valence-electron chi connectivity index (χ4n) is 9.39. The summed E-state index contributed by atoms with van der Waals surface area (Å²) in [5, 5.41) is 23.2. The Hall–Kier alpha value is -2.95. The summed E-state index contributed by atoms with van der Waals surface area (Å²) in [5.41, 5.74) is 0. The van der Waals surface area contributed by atoms with Gasteiger partial charge in [0, 0.05) is 6.42 Å². The molecular weight excluding hydrogens is 903 g/mol. The number of unbranched alkanes of at least 4 members (excludes halogenated alkanes) is 35. The SMILES string of the molecule is CC/C=C\C/C=C\C/C=C\C/C=C\C/C=C\C/C=C\CCCCCCCCCCCCCCCCCCCCCCCCC(=O)NC(CO)C(O)/C=C/CC/C=C/CC/C=C/CCCCCCCCCCCCC. The van der Waals surface area contributed by atoms with Gasteiger partial charge in [-0.15, -0.1) is 0 Å². The van der Waals surface area contributed by atoms with Gasteiger partial charge in [-0.3, -0.25) is 4.79 Å². The van der Waals surface area contributed by atoms with E-state index >= 15 is 0 Å².